The molecule has 0 saturated carbocycles. The zero-order valence-corrected chi connectivity index (χ0v) is 21.7. The number of benzene rings is 2. The summed E-state index contributed by atoms with van der Waals surface area (Å²) >= 11 is 0. The lowest BCUT2D eigenvalue weighted by Gasteiger charge is -2.38. The highest BCUT2D eigenvalue weighted by atomic mass is 16.7. The van der Waals surface area contributed by atoms with Gasteiger partial charge in [-0.3, -0.25) is 4.79 Å². The summed E-state index contributed by atoms with van der Waals surface area (Å²) in [6.07, 6.45) is 2.86. The van der Waals surface area contributed by atoms with Gasteiger partial charge in [0, 0.05) is 29.5 Å². The van der Waals surface area contributed by atoms with Crippen molar-refractivity contribution in [3.63, 3.8) is 0 Å². The number of methoxy groups -OCH3 is 3. The molecule has 0 spiro atoms. The summed E-state index contributed by atoms with van der Waals surface area (Å²) in [6.45, 7) is 0.228. The predicted octanol–water partition coefficient (Wildman–Crippen LogP) is 2.95. The second-order valence-electron chi connectivity index (χ2n) is 9.55. The van der Waals surface area contributed by atoms with E-state index >= 15 is 0 Å². The normalized spacial score (nSPS) is 22.4. The number of fused-ring (bicyclic) bond motifs is 3. The number of carbonyl (C=O) groups excluding carboxylic acids is 2. The molecule has 1 saturated heterocycles. The van der Waals surface area contributed by atoms with Crippen LogP contribution in [-0.2, 0) is 25.6 Å². The van der Waals surface area contributed by atoms with E-state index in [1.807, 2.05) is 42.5 Å². The maximum absolute atomic E-state index is 13.3. The van der Waals surface area contributed by atoms with Gasteiger partial charge in [0.05, 0.1) is 33.9 Å². The van der Waals surface area contributed by atoms with Crippen LogP contribution in [-0.4, -0.2) is 46.7 Å². The van der Waals surface area contributed by atoms with Crippen molar-refractivity contribution in [1.29, 1.82) is 0 Å². The van der Waals surface area contributed by atoms with Crippen LogP contribution in [0.2, 0.25) is 0 Å². The van der Waals surface area contributed by atoms with E-state index in [2.05, 4.69) is 0 Å². The number of cyclic esters (lactones) is 1. The topological polar surface area (TPSA) is 103 Å². The third kappa shape index (κ3) is 4.25. The van der Waals surface area contributed by atoms with Crippen LogP contribution in [0.4, 0.5) is 0 Å². The molecule has 4 atom stereocenters. The van der Waals surface area contributed by atoms with Crippen LogP contribution in [0.15, 0.2) is 54.9 Å². The fourth-order valence-electron chi connectivity index (χ4n) is 5.81. The summed E-state index contributed by atoms with van der Waals surface area (Å²) < 4.78 is 41.5. The Morgan fingerprint density at radius 3 is 2.21 bits per heavy atom. The summed E-state index contributed by atoms with van der Waals surface area (Å²) in [7, 11) is 4.62. The first-order chi connectivity index (χ1) is 19.0. The van der Waals surface area contributed by atoms with E-state index in [0.717, 1.165) is 16.7 Å². The van der Waals surface area contributed by atoms with Gasteiger partial charge in [-0.1, -0.05) is 6.07 Å². The fourth-order valence-corrected chi connectivity index (χ4v) is 5.81. The Bertz CT molecular complexity index is 1400. The van der Waals surface area contributed by atoms with Gasteiger partial charge in [0.25, 0.3) is 0 Å². The summed E-state index contributed by atoms with van der Waals surface area (Å²) in [6, 6.07) is 12.9. The molecule has 1 aromatic heterocycles. The molecular formula is C29H28NO9+. The Morgan fingerprint density at radius 2 is 1.56 bits per heavy atom. The molecule has 39 heavy (non-hydrogen) atoms. The number of aromatic nitrogens is 1. The Kier molecular flexibility index (Phi) is 6.38. The summed E-state index contributed by atoms with van der Waals surface area (Å²) in [5.41, 5.74) is 2.28. The van der Waals surface area contributed by atoms with E-state index in [1.54, 1.807) is 31.2 Å². The standard InChI is InChI=1S/C29H28NO9/c1-33-22-9-16(10-23(34-2)28(22)35-3)25-17-11-20-21(38-15-37-20)12-18(17)27(19-14-36-29(32)26(19)25)39-24(31)13-30-7-5-4-6-8-30/h4-12,19,25-27H,13-15H2,1-3H3/q+1/t19-,25+,26-,27+/m0/s1. The Morgan fingerprint density at radius 1 is 0.897 bits per heavy atom. The van der Waals surface area contributed by atoms with Crippen molar-refractivity contribution in [2.45, 2.75) is 18.6 Å². The van der Waals surface area contributed by atoms with E-state index in [9.17, 15) is 9.59 Å². The van der Waals surface area contributed by atoms with Gasteiger partial charge >= 0.3 is 11.9 Å². The largest absolute Gasteiger partial charge is 0.493 e. The van der Waals surface area contributed by atoms with Gasteiger partial charge < -0.3 is 33.2 Å². The lowest BCUT2D eigenvalue weighted by atomic mass is 9.66. The molecule has 10 nitrogen and oxygen atoms in total. The van der Waals surface area contributed by atoms with Crippen LogP contribution in [0, 0.1) is 11.8 Å². The first kappa shape index (κ1) is 24.8. The number of pyridine rings is 1. The van der Waals surface area contributed by atoms with Gasteiger partial charge in [0.2, 0.25) is 19.1 Å². The molecule has 1 fully saturated rings. The molecule has 0 amide bonds. The van der Waals surface area contributed by atoms with E-state index in [1.165, 1.54) is 7.11 Å². The molecule has 0 unspecified atom stereocenters. The van der Waals surface area contributed by atoms with Crippen molar-refractivity contribution in [3.8, 4) is 28.7 Å². The Hall–Kier alpha value is -4.47. The van der Waals surface area contributed by atoms with Gasteiger partial charge in [-0.05, 0) is 35.4 Å². The highest BCUT2D eigenvalue weighted by molar-refractivity contribution is 5.79. The Labute approximate surface area is 224 Å². The summed E-state index contributed by atoms with van der Waals surface area (Å²) in [5, 5.41) is 0. The van der Waals surface area contributed by atoms with E-state index < -0.39 is 29.8 Å². The summed E-state index contributed by atoms with van der Waals surface area (Å²) in [4.78, 5) is 26.4. The number of carbonyl (C=O) groups is 2. The number of nitrogens with zero attached hydrogens (tertiary/aromatic N) is 1. The molecule has 2 aromatic carbocycles. The zero-order valence-electron chi connectivity index (χ0n) is 21.7. The molecule has 3 aromatic rings. The van der Waals surface area contributed by atoms with Gasteiger partial charge in [-0.25, -0.2) is 4.79 Å². The van der Waals surface area contributed by atoms with E-state index in [0.29, 0.717) is 28.7 Å². The van der Waals surface area contributed by atoms with E-state index in [4.69, 9.17) is 33.2 Å². The van der Waals surface area contributed by atoms with Gasteiger partial charge in [0.15, 0.2) is 35.4 Å². The third-order valence-electron chi connectivity index (χ3n) is 7.51. The summed E-state index contributed by atoms with van der Waals surface area (Å²) in [5.74, 6) is 0.200. The third-order valence-corrected chi connectivity index (χ3v) is 7.51. The first-order valence-electron chi connectivity index (χ1n) is 12.6. The maximum atomic E-state index is 13.3. The lowest BCUT2D eigenvalue weighted by Crippen LogP contribution is -2.41. The molecule has 202 valence electrons. The second-order valence-corrected chi connectivity index (χ2v) is 9.55. The monoisotopic (exact) mass is 534 g/mol. The molecule has 6 rings (SSSR count). The van der Waals surface area contributed by atoms with Crippen molar-refractivity contribution in [3.05, 3.63) is 71.5 Å². The minimum absolute atomic E-state index is 0.0275. The molecule has 0 N–H and O–H groups in total. The van der Waals surface area contributed by atoms with Crippen LogP contribution in [0.3, 0.4) is 0 Å². The molecule has 1 aliphatic carbocycles. The Balaban J connectivity index is 1.48. The van der Waals surface area contributed by atoms with Crippen LogP contribution >= 0.6 is 0 Å². The molecule has 0 radical (unpaired) electrons. The maximum Gasteiger partial charge on any atom is 0.373 e. The molecule has 3 aliphatic rings. The zero-order chi connectivity index (χ0) is 27.1. The van der Waals surface area contributed by atoms with Crippen molar-refractivity contribution >= 4 is 11.9 Å². The minimum Gasteiger partial charge on any atom is -0.493 e. The molecule has 3 heterocycles. The smallest absolute Gasteiger partial charge is 0.373 e. The molecule has 0 bridgehead atoms. The minimum atomic E-state index is -0.721. The molecule has 10 heteroatoms. The number of ether oxygens (including phenoxy) is 7. The fraction of sp³-hybridized carbons (Fsp3) is 0.345. The van der Waals surface area contributed by atoms with Crippen LogP contribution in [0.1, 0.15) is 28.7 Å². The van der Waals surface area contributed by atoms with Crippen molar-refractivity contribution in [2.24, 2.45) is 11.8 Å². The molecule has 2 aliphatic heterocycles. The van der Waals surface area contributed by atoms with E-state index in [-0.39, 0.29) is 25.9 Å². The van der Waals surface area contributed by atoms with Crippen molar-refractivity contribution < 1.29 is 47.3 Å². The number of esters is 2. The number of rotatable bonds is 7. The van der Waals surface area contributed by atoms with Gasteiger partial charge in [0.1, 0.15) is 6.10 Å². The van der Waals surface area contributed by atoms with Gasteiger partial charge in [-0.2, -0.15) is 4.57 Å². The van der Waals surface area contributed by atoms with Crippen molar-refractivity contribution in [2.75, 3.05) is 34.7 Å². The highest BCUT2D eigenvalue weighted by Gasteiger charge is 2.54. The first-order valence-corrected chi connectivity index (χ1v) is 12.6. The van der Waals surface area contributed by atoms with Crippen LogP contribution < -0.4 is 28.3 Å². The SMILES string of the molecule is COc1cc([C@@H]2c3cc4c(cc3[C@@H](OC(=O)C[n+]3ccccc3)[C@H]3COC(=O)[C@H]23)OCO4)cc(OC)c1OC. The highest BCUT2D eigenvalue weighted by Crippen LogP contribution is 2.56. The number of hydrogen-bond acceptors (Lipinski definition) is 9. The predicted molar refractivity (Wildman–Crippen MR) is 134 cm³/mol. The number of hydrogen-bond donors (Lipinski definition) is 0. The van der Waals surface area contributed by atoms with Crippen molar-refractivity contribution in [1.82, 2.24) is 0 Å². The second kappa shape index (κ2) is 10.0. The van der Waals surface area contributed by atoms with Crippen LogP contribution in [0.25, 0.3) is 0 Å². The van der Waals surface area contributed by atoms with Gasteiger partial charge in [-0.15, -0.1) is 0 Å². The quantitative estimate of drug-likeness (QED) is 0.334. The molecular weight excluding hydrogens is 506 g/mol. The lowest BCUT2D eigenvalue weighted by molar-refractivity contribution is -0.686. The average Bonchev–Trinajstić information content (AvgIpc) is 3.58. The van der Waals surface area contributed by atoms with Crippen LogP contribution in [0.5, 0.6) is 28.7 Å². The average molecular weight is 535 g/mol.